The van der Waals surface area contributed by atoms with Gasteiger partial charge in [0.15, 0.2) is 0 Å². The molecule has 2 unspecified atom stereocenters. The first kappa shape index (κ1) is 81.5. The summed E-state index contributed by atoms with van der Waals surface area (Å²) in [7, 11) is 4.74. The van der Waals surface area contributed by atoms with Crippen molar-refractivity contribution in [1.82, 2.24) is 68.7 Å². The zero-order valence-electron chi connectivity index (χ0n) is 54.1. The number of rotatable bonds is 13. The van der Waals surface area contributed by atoms with E-state index < -0.39 is 240 Å². The van der Waals surface area contributed by atoms with Crippen LogP contribution < -0.4 is 75.3 Å². The number of carbonyl (C=O) groups is 16. The maximum atomic E-state index is 15.1. The molecule has 4 aliphatic heterocycles. The lowest BCUT2D eigenvalue weighted by molar-refractivity contribution is -0.143. The van der Waals surface area contributed by atoms with E-state index in [4.69, 9.17) is 11.5 Å². The van der Waals surface area contributed by atoms with Gasteiger partial charge in [-0.3, -0.25) is 71.9 Å². The van der Waals surface area contributed by atoms with Gasteiger partial charge in [0.2, 0.25) is 82.7 Å². The molecule has 0 saturated carbocycles. The fourth-order valence-corrected chi connectivity index (χ4v) is 17.0. The standard InChI is InChI=1S/C59H79N15O21S6/c1-26-47(82)69-41-25-101-99-22-38-52(87)65-33(13-14-45(80)81)49(84)66-34(16-28-5-9-30(76)10-6-28)50(85)71-40(54(89)72-39(23-97-96-20-32(60)48(83)70-38)53(88)67-35(18-43(61)78)58(93)74-15-3-4-42(74)56(91)63-26)24-100-98-21-37(64-44(79)19-62-57(92)46(27(2)75)73-55(41)90)51(86)68-36(59(94)95)17-29-7-11-31(77)12-8-29/h5-12,26-27,32-42,46,75-77H,3-4,13-25,60H2,1-2H3,(H2,61,78)(H,62,92)(H,63,91)(H,64,79)(H,65,87)(H,66,84)(H,67,88)(H,68,86)(H,69,82)(H,70,83)(H,71,85)(H,72,89)(H,73,90)(H,80,81)(H,94,95)/t26-,27?,32-,33-,34-,35-,36-,37-,38-,39-,40-,41-,42-,46?/m0/s1. The number of benzene rings is 2. The van der Waals surface area contributed by atoms with Crippen LogP contribution in [0.15, 0.2) is 48.5 Å². The van der Waals surface area contributed by atoms with E-state index in [2.05, 4.69) is 63.8 Å². The molecule has 0 radical (unpaired) electrons. The molecule has 14 atom stereocenters. The van der Waals surface area contributed by atoms with Crippen LogP contribution in [0.2, 0.25) is 0 Å². The van der Waals surface area contributed by atoms with Gasteiger partial charge in [0, 0.05) is 60.3 Å². The number of carboxylic acid groups (broad SMARTS) is 2. The van der Waals surface area contributed by atoms with Crippen molar-refractivity contribution in [3.63, 3.8) is 0 Å². The fourth-order valence-electron chi connectivity index (χ4n) is 10.0. The highest BCUT2D eigenvalue weighted by atomic mass is 33.1. The molecule has 4 aliphatic rings. The Morgan fingerprint density at radius 2 is 1.06 bits per heavy atom. The summed E-state index contributed by atoms with van der Waals surface area (Å²) in [6.45, 7) is 1.18. The summed E-state index contributed by atoms with van der Waals surface area (Å²) in [5, 5.41) is 80.4. The number of phenols is 2. The molecule has 14 amide bonds. The number of nitrogens with zero attached hydrogens (tertiary/aromatic N) is 1. The SMILES string of the molecule is CC(O)C1NC(=O)[C@@H]2CSSC[C@@H]3NC(=O)[C@@H](N)CSSC[C@H](NC(=O)[C@H](CSSC[C@@H](C(=O)N[C@@H](Cc4ccc(O)cc4)C(=O)O)NC(=O)CNC1=O)NC(=O)[C@H](Cc1ccc(O)cc1)NC(=O)[C@H](CCC(=O)O)NC3=O)C(=O)N[C@@H](CC(N)=O)C(=O)N1CCC[C@H]1C(=O)N[C@@H](C)C(=O)N2. The smallest absolute Gasteiger partial charge is 0.326 e. The Hall–Kier alpha value is -8.42. The average molecular weight is 1530 g/mol. The highest BCUT2D eigenvalue weighted by Gasteiger charge is 2.42. The number of carboxylic acids is 2. The van der Waals surface area contributed by atoms with Crippen LogP contribution in [0.1, 0.15) is 57.1 Å². The van der Waals surface area contributed by atoms with Crippen LogP contribution in [0.25, 0.3) is 0 Å². The molecule has 4 bridgehead atoms. The molecule has 42 heteroatoms. The van der Waals surface area contributed by atoms with Gasteiger partial charge in [0.25, 0.3) is 0 Å². The zero-order chi connectivity index (χ0) is 74.2. The number of phenolic OH excluding ortho intramolecular Hbond substituents is 2. The zero-order valence-corrected chi connectivity index (χ0v) is 59.0. The lowest BCUT2D eigenvalue weighted by Crippen LogP contribution is -2.61. The number of aromatic hydroxyl groups is 2. The molecule has 4 saturated heterocycles. The van der Waals surface area contributed by atoms with Gasteiger partial charge in [-0.2, -0.15) is 0 Å². The molecule has 0 spiro atoms. The second-order valence-corrected chi connectivity index (χ2v) is 31.1. The Bertz CT molecular complexity index is 3400. The minimum atomic E-state index is -1.93. The molecule has 0 aliphatic carbocycles. The topological polar surface area (TPSA) is 574 Å². The number of hydrogen-bond donors (Lipinski definition) is 19. The summed E-state index contributed by atoms with van der Waals surface area (Å²) >= 11 is 0. The van der Waals surface area contributed by atoms with Crippen LogP contribution in [0, 0.1) is 0 Å². The molecular formula is C59H79N15O21S6. The Labute approximate surface area is 600 Å². The molecule has 4 fully saturated rings. The third-order valence-electron chi connectivity index (χ3n) is 15.6. The minimum absolute atomic E-state index is 0.00937. The third-order valence-corrected chi connectivity index (χ3v) is 22.9. The predicted molar refractivity (Wildman–Crippen MR) is 371 cm³/mol. The first-order valence-corrected chi connectivity index (χ1v) is 38.7. The van der Waals surface area contributed by atoms with Gasteiger partial charge in [0.05, 0.1) is 25.1 Å². The predicted octanol–water partition coefficient (Wildman–Crippen LogP) is -5.94. The maximum absolute atomic E-state index is 15.1. The maximum Gasteiger partial charge on any atom is 0.326 e. The minimum Gasteiger partial charge on any atom is -0.508 e. The normalized spacial score (nSPS) is 27.3. The van der Waals surface area contributed by atoms with Gasteiger partial charge in [-0.25, -0.2) is 4.79 Å². The molecule has 101 heavy (non-hydrogen) atoms. The monoisotopic (exact) mass is 1530 g/mol. The van der Waals surface area contributed by atoms with Gasteiger partial charge in [0.1, 0.15) is 84.0 Å². The largest absolute Gasteiger partial charge is 0.508 e. The number of nitrogens with one attached hydrogen (secondary N) is 12. The third kappa shape index (κ3) is 25.9. The van der Waals surface area contributed by atoms with Crippen LogP contribution in [0.5, 0.6) is 11.5 Å². The molecule has 2 aromatic carbocycles. The van der Waals surface area contributed by atoms with Crippen molar-refractivity contribution in [1.29, 1.82) is 0 Å². The lowest BCUT2D eigenvalue weighted by atomic mass is 10.0. The number of carbonyl (C=O) groups excluding carboxylic acids is 14. The van der Waals surface area contributed by atoms with Crippen LogP contribution in [-0.4, -0.2) is 257 Å². The second kappa shape index (κ2) is 39.7. The molecule has 36 nitrogen and oxygen atoms in total. The van der Waals surface area contributed by atoms with Gasteiger partial charge < -0.3 is 106 Å². The second-order valence-electron chi connectivity index (χ2n) is 23.5. The number of aliphatic carboxylic acids is 2. The number of amides is 14. The van der Waals surface area contributed by atoms with E-state index in [1.54, 1.807) is 0 Å². The van der Waals surface area contributed by atoms with E-state index in [0.717, 1.165) is 76.6 Å². The highest BCUT2D eigenvalue weighted by molar-refractivity contribution is 8.77. The van der Waals surface area contributed by atoms with Crippen LogP contribution in [0.3, 0.4) is 0 Å². The molecule has 4 heterocycles. The molecule has 552 valence electrons. The van der Waals surface area contributed by atoms with E-state index in [-0.39, 0.29) is 48.6 Å². The van der Waals surface area contributed by atoms with Crippen molar-refractivity contribution >= 4 is 159 Å². The first-order chi connectivity index (χ1) is 47.9. The molecule has 21 N–H and O–H groups in total. The Kier molecular flexibility index (Phi) is 32.1. The van der Waals surface area contributed by atoms with Crippen LogP contribution >= 0.6 is 64.8 Å². The van der Waals surface area contributed by atoms with Crippen LogP contribution in [0.4, 0.5) is 0 Å². The summed E-state index contributed by atoms with van der Waals surface area (Å²) in [6.07, 6.45) is -4.71. The number of nitrogens with two attached hydrogens (primary N) is 2. The van der Waals surface area contributed by atoms with Crippen molar-refractivity contribution in [2.24, 2.45) is 11.5 Å². The van der Waals surface area contributed by atoms with Crippen molar-refractivity contribution in [2.75, 3.05) is 47.6 Å². The average Bonchev–Trinajstić information content (AvgIpc) is 1.71. The summed E-state index contributed by atoms with van der Waals surface area (Å²) in [5.41, 5.74) is 12.6. The van der Waals surface area contributed by atoms with E-state index in [1.165, 1.54) is 55.5 Å². The van der Waals surface area contributed by atoms with E-state index in [9.17, 15) is 92.7 Å². The summed E-state index contributed by atoms with van der Waals surface area (Å²) in [4.78, 5) is 227. The summed E-state index contributed by atoms with van der Waals surface area (Å²) in [5.74, 6) is -21.7. The fraction of sp³-hybridized carbons (Fsp3) is 0.525. The Morgan fingerprint density at radius 1 is 0.574 bits per heavy atom. The molecule has 2 aromatic rings. The van der Waals surface area contributed by atoms with Gasteiger partial charge >= 0.3 is 11.9 Å². The van der Waals surface area contributed by atoms with E-state index in [1.807, 2.05) is 0 Å². The van der Waals surface area contributed by atoms with Crippen molar-refractivity contribution in [3.05, 3.63) is 59.7 Å². The number of hydrogen-bond acceptors (Lipinski definition) is 26. The lowest BCUT2D eigenvalue weighted by Gasteiger charge is -2.30. The van der Waals surface area contributed by atoms with E-state index >= 15 is 9.59 Å². The van der Waals surface area contributed by atoms with Gasteiger partial charge in [-0.1, -0.05) is 89.0 Å². The quantitative estimate of drug-likeness (QED) is 0.0656. The molecule has 6 rings (SSSR count). The molecule has 0 aromatic heterocycles. The Balaban J connectivity index is 1.56. The Morgan fingerprint density at radius 3 is 1.61 bits per heavy atom. The van der Waals surface area contributed by atoms with E-state index in [0.29, 0.717) is 5.56 Å². The van der Waals surface area contributed by atoms with Crippen LogP contribution in [-0.2, 0) is 89.6 Å². The van der Waals surface area contributed by atoms with Gasteiger partial charge in [-0.15, -0.1) is 0 Å². The number of primary amides is 1. The summed E-state index contributed by atoms with van der Waals surface area (Å²) < 4.78 is 0. The number of aliphatic hydroxyl groups excluding tert-OH is 1. The first-order valence-electron chi connectivity index (χ1n) is 31.2. The molecular weight excluding hydrogens is 1450 g/mol. The number of aliphatic hydroxyl groups is 1. The van der Waals surface area contributed by atoms with Crippen molar-refractivity contribution < 1.29 is 102 Å². The highest BCUT2D eigenvalue weighted by Crippen LogP contribution is 2.28. The summed E-state index contributed by atoms with van der Waals surface area (Å²) in [6, 6.07) is -11.7. The number of fused-ring (bicyclic) bond motifs is 20. The van der Waals surface area contributed by atoms with Crippen molar-refractivity contribution in [2.45, 2.75) is 143 Å². The van der Waals surface area contributed by atoms with Crippen molar-refractivity contribution in [3.8, 4) is 11.5 Å². The van der Waals surface area contributed by atoms with Gasteiger partial charge in [-0.05, 0) is 68.5 Å².